The van der Waals surface area contributed by atoms with Crippen molar-refractivity contribution in [1.29, 1.82) is 5.26 Å². The van der Waals surface area contributed by atoms with Gasteiger partial charge in [-0.2, -0.15) is 5.26 Å². The van der Waals surface area contributed by atoms with Crippen molar-refractivity contribution < 1.29 is 4.79 Å². The molecular formula is C12H7ClN4O. The Kier molecular flexibility index (Phi) is 5.20. The Morgan fingerprint density at radius 1 is 1.44 bits per heavy atom. The van der Waals surface area contributed by atoms with E-state index in [4.69, 9.17) is 22.4 Å². The number of carbonyl (C=O) groups excluding carboxylic acids is 1. The molecule has 6 heteroatoms. The van der Waals surface area contributed by atoms with E-state index in [1.165, 1.54) is 6.08 Å². The number of benzene rings is 1. The number of allylic oxidation sites excluding steroid dienone is 3. The Labute approximate surface area is 108 Å². The van der Waals surface area contributed by atoms with Crippen LogP contribution in [0.5, 0.6) is 0 Å². The highest BCUT2D eigenvalue weighted by Gasteiger charge is 2.01. The van der Waals surface area contributed by atoms with Crippen LogP contribution in [0.25, 0.3) is 16.5 Å². The van der Waals surface area contributed by atoms with Crippen LogP contribution in [-0.2, 0) is 4.79 Å². The van der Waals surface area contributed by atoms with Gasteiger partial charge in [0.05, 0.1) is 0 Å². The number of nitrogens with zero attached hydrogens (tertiary/aromatic N) is 4. The van der Waals surface area contributed by atoms with Gasteiger partial charge in [0.25, 0.3) is 5.24 Å². The van der Waals surface area contributed by atoms with Gasteiger partial charge in [-0.3, -0.25) is 4.79 Å². The molecule has 0 heterocycles. The van der Waals surface area contributed by atoms with E-state index in [0.717, 1.165) is 5.56 Å². The van der Waals surface area contributed by atoms with Crippen LogP contribution in [-0.4, -0.2) is 5.24 Å². The van der Waals surface area contributed by atoms with Crippen LogP contribution < -0.4 is 0 Å². The summed E-state index contributed by atoms with van der Waals surface area (Å²) in [5.41, 5.74) is 9.45. The first kappa shape index (κ1) is 13.5. The first-order valence-electron chi connectivity index (χ1n) is 4.81. The first-order chi connectivity index (χ1) is 8.67. The molecule has 0 saturated heterocycles. The summed E-state index contributed by atoms with van der Waals surface area (Å²) in [6.45, 7) is 0. The van der Waals surface area contributed by atoms with Crippen LogP contribution in [0.3, 0.4) is 0 Å². The second-order valence-corrected chi connectivity index (χ2v) is 3.45. The Bertz CT molecular complexity index is 589. The van der Waals surface area contributed by atoms with E-state index in [1.54, 1.807) is 42.5 Å². The molecule has 0 unspecified atom stereocenters. The van der Waals surface area contributed by atoms with E-state index in [0.29, 0.717) is 5.69 Å². The lowest BCUT2D eigenvalue weighted by Crippen LogP contribution is -1.87. The fourth-order valence-electron chi connectivity index (χ4n) is 1.11. The molecule has 0 atom stereocenters. The van der Waals surface area contributed by atoms with E-state index in [1.807, 2.05) is 0 Å². The Morgan fingerprint density at radius 2 is 2.11 bits per heavy atom. The molecule has 1 aromatic carbocycles. The zero-order valence-electron chi connectivity index (χ0n) is 9.12. The molecule has 1 aromatic rings. The first-order valence-corrected chi connectivity index (χ1v) is 5.18. The molecule has 0 aliphatic carbocycles. The fraction of sp³-hybridized carbons (Fsp3) is 0. The minimum Gasteiger partial charge on any atom is -0.275 e. The second-order valence-electron chi connectivity index (χ2n) is 3.11. The largest absolute Gasteiger partial charge is 0.275 e. The number of halogens is 1. The molecule has 0 saturated carbocycles. The van der Waals surface area contributed by atoms with E-state index in [2.05, 4.69) is 10.0 Å². The van der Waals surface area contributed by atoms with Crippen molar-refractivity contribution in [3.05, 3.63) is 58.0 Å². The summed E-state index contributed by atoms with van der Waals surface area (Å²) >= 11 is 5.17. The van der Waals surface area contributed by atoms with Crippen molar-refractivity contribution in [1.82, 2.24) is 0 Å². The Balaban J connectivity index is 2.82. The van der Waals surface area contributed by atoms with E-state index >= 15 is 0 Å². The predicted molar refractivity (Wildman–Crippen MR) is 68.8 cm³/mol. The van der Waals surface area contributed by atoms with Crippen molar-refractivity contribution in [2.75, 3.05) is 0 Å². The molecule has 0 bridgehead atoms. The van der Waals surface area contributed by atoms with E-state index in [9.17, 15) is 4.79 Å². The van der Waals surface area contributed by atoms with Crippen molar-refractivity contribution in [2.24, 2.45) is 5.11 Å². The lowest BCUT2D eigenvalue weighted by molar-refractivity contribution is -0.108. The Morgan fingerprint density at radius 3 is 2.61 bits per heavy atom. The van der Waals surface area contributed by atoms with Gasteiger partial charge in [0.15, 0.2) is 0 Å². The van der Waals surface area contributed by atoms with Crippen molar-refractivity contribution in [3.8, 4) is 6.07 Å². The Hall–Kier alpha value is -2.54. The third kappa shape index (κ3) is 4.14. The standard InChI is InChI=1S/C12H7ClN4O/c13-12(18)10(8-14)3-1-2-9-4-6-11(7-5-9)16-17-15/h1-7H. The van der Waals surface area contributed by atoms with Crippen LogP contribution in [0, 0.1) is 11.3 Å². The average molecular weight is 259 g/mol. The minimum absolute atomic E-state index is 0.126. The fourth-order valence-corrected chi connectivity index (χ4v) is 1.21. The summed E-state index contributed by atoms with van der Waals surface area (Å²) in [7, 11) is 0. The summed E-state index contributed by atoms with van der Waals surface area (Å²) in [4.78, 5) is 13.4. The van der Waals surface area contributed by atoms with Gasteiger partial charge in [0, 0.05) is 10.6 Å². The molecule has 18 heavy (non-hydrogen) atoms. The smallest absolute Gasteiger partial charge is 0.262 e. The van der Waals surface area contributed by atoms with Gasteiger partial charge in [-0.25, -0.2) is 0 Å². The maximum Gasteiger partial charge on any atom is 0.262 e. The number of hydrogen-bond donors (Lipinski definition) is 0. The summed E-state index contributed by atoms with van der Waals surface area (Å²) in [5.74, 6) is 0. The average Bonchev–Trinajstić information content (AvgIpc) is 2.36. The molecule has 0 fully saturated rings. The molecule has 0 radical (unpaired) electrons. The van der Waals surface area contributed by atoms with Crippen LogP contribution in [0.15, 0.2) is 47.1 Å². The molecule has 0 aliphatic heterocycles. The summed E-state index contributed by atoms with van der Waals surface area (Å²) in [6.07, 6.45) is 4.56. The van der Waals surface area contributed by atoms with Crippen LogP contribution in [0.4, 0.5) is 5.69 Å². The van der Waals surface area contributed by atoms with Gasteiger partial charge in [0.2, 0.25) is 0 Å². The summed E-state index contributed by atoms with van der Waals surface area (Å²) in [6, 6.07) is 8.47. The van der Waals surface area contributed by atoms with Crippen molar-refractivity contribution in [3.63, 3.8) is 0 Å². The summed E-state index contributed by atoms with van der Waals surface area (Å²) in [5, 5.41) is 11.2. The quantitative estimate of drug-likeness (QED) is 0.156. The van der Waals surface area contributed by atoms with Crippen LogP contribution >= 0.6 is 11.6 Å². The van der Waals surface area contributed by atoms with Gasteiger partial charge in [0.1, 0.15) is 11.6 Å². The number of carbonyl (C=O) groups is 1. The third-order valence-electron chi connectivity index (χ3n) is 1.94. The van der Waals surface area contributed by atoms with Gasteiger partial charge in [-0.15, -0.1) is 0 Å². The molecule has 0 spiro atoms. The maximum absolute atomic E-state index is 10.7. The minimum atomic E-state index is -0.791. The zero-order chi connectivity index (χ0) is 13.4. The zero-order valence-corrected chi connectivity index (χ0v) is 9.87. The van der Waals surface area contributed by atoms with Gasteiger partial charge < -0.3 is 0 Å². The van der Waals surface area contributed by atoms with Crippen LogP contribution in [0.2, 0.25) is 0 Å². The number of azide groups is 1. The lowest BCUT2D eigenvalue weighted by atomic mass is 10.2. The second kappa shape index (κ2) is 6.92. The normalized spacial score (nSPS) is 10.8. The topological polar surface area (TPSA) is 89.6 Å². The number of rotatable bonds is 4. The molecule has 0 N–H and O–H groups in total. The van der Waals surface area contributed by atoms with Gasteiger partial charge >= 0.3 is 0 Å². The molecule has 5 nitrogen and oxygen atoms in total. The maximum atomic E-state index is 10.7. The van der Waals surface area contributed by atoms with Gasteiger partial charge in [-0.05, 0) is 28.8 Å². The van der Waals surface area contributed by atoms with Crippen molar-refractivity contribution >= 4 is 28.6 Å². The summed E-state index contributed by atoms with van der Waals surface area (Å²) < 4.78 is 0. The highest BCUT2D eigenvalue weighted by Crippen LogP contribution is 2.14. The van der Waals surface area contributed by atoms with Gasteiger partial charge in [-0.1, -0.05) is 41.5 Å². The van der Waals surface area contributed by atoms with Crippen LogP contribution in [0.1, 0.15) is 5.56 Å². The van der Waals surface area contributed by atoms with Crippen molar-refractivity contribution in [2.45, 2.75) is 0 Å². The van der Waals surface area contributed by atoms with E-state index < -0.39 is 5.24 Å². The number of hydrogen-bond acceptors (Lipinski definition) is 3. The molecule has 0 amide bonds. The molecule has 0 aliphatic rings. The monoisotopic (exact) mass is 258 g/mol. The molecular weight excluding hydrogens is 252 g/mol. The number of nitriles is 1. The van der Waals surface area contributed by atoms with E-state index in [-0.39, 0.29) is 5.57 Å². The SMILES string of the molecule is N#CC(=CC=Cc1ccc(N=[N+]=[N-])cc1)C(=O)Cl. The molecule has 88 valence electrons. The molecule has 0 aromatic heterocycles. The molecule has 1 rings (SSSR count). The highest BCUT2D eigenvalue weighted by molar-refractivity contribution is 6.68. The predicted octanol–water partition coefficient (Wildman–Crippen LogP) is 3.86. The highest BCUT2D eigenvalue weighted by atomic mass is 35.5. The third-order valence-corrected chi connectivity index (χ3v) is 2.14. The lowest BCUT2D eigenvalue weighted by Gasteiger charge is -1.93.